The van der Waals surface area contributed by atoms with Crippen LogP contribution in [0.15, 0.2) is 29.3 Å². The lowest BCUT2D eigenvalue weighted by Crippen LogP contribution is -2.33. The molecule has 0 radical (unpaired) electrons. The van der Waals surface area contributed by atoms with Gasteiger partial charge in [0.25, 0.3) is 0 Å². The predicted molar refractivity (Wildman–Crippen MR) is 154 cm³/mol. The number of ether oxygens (including phenoxy) is 1. The normalized spacial score (nSPS) is 14.6. The molecule has 0 aliphatic carbocycles. The van der Waals surface area contributed by atoms with Gasteiger partial charge in [0.05, 0.1) is 12.1 Å². The van der Waals surface area contributed by atoms with Gasteiger partial charge in [0.2, 0.25) is 5.91 Å². The number of thiophene rings is 1. The molecule has 4 rings (SSSR count). The van der Waals surface area contributed by atoms with Crippen molar-refractivity contribution in [2.45, 2.75) is 72.4 Å². The largest absolute Gasteiger partial charge is 0.444 e. The molecule has 0 bridgehead atoms. The third kappa shape index (κ3) is 6.86. The summed E-state index contributed by atoms with van der Waals surface area (Å²) >= 11 is 7.85. The summed E-state index contributed by atoms with van der Waals surface area (Å²) in [5, 5.41) is 16.2. The first kappa shape index (κ1) is 28.8. The number of nitrogens with one attached hydrogen (secondary N) is 2. The minimum Gasteiger partial charge on any atom is -0.444 e. The molecule has 1 atom stereocenters. The molecular formula is C28H35ClN6O3S. The molecule has 0 saturated heterocycles. The van der Waals surface area contributed by atoms with Crippen molar-refractivity contribution in [3.8, 4) is 5.00 Å². The lowest BCUT2D eigenvalue weighted by molar-refractivity contribution is -0.121. The molecular weight excluding hydrogens is 536 g/mol. The van der Waals surface area contributed by atoms with Crippen molar-refractivity contribution in [3.05, 3.63) is 62.5 Å². The summed E-state index contributed by atoms with van der Waals surface area (Å²) in [5.74, 6) is 1.28. The molecule has 9 nitrogen and oxygen atoms in total. The smallest absolute Gasteiger partial charge is 0.407 e. The fourth-order valence-corrected chi connectivity index (χ4v) is 5.70. The van der Waals surface area contributed by atoms with E-state index in [0.717, 1.165) is 39.6 Å². The van der Waals surface area contributed by atoms with Gasteiger partial charge in [-0.1, -0.05) is 23.7 Å². The minimum atomic E-state index is -0.531. The van der Waals surface area contributed by atoms with E-state index in [0.29, 0.717) is 30.4 Å². The second-order valence-electron chi connectivity index (χ2n) is 10.6. The zero-order valence-corrected chi connectivity index (χ0v) is 24.8. The van der Waals surface area contributed by atoms with Crippen LogP contribution in [0.5, 0.6) is 0 Å². The highest BCUT2D eigenvalue weighted by Crippen LogP contribution is 2.39. The van der Waals surface area contributed by atoms with Crippen LogP contribution < -0.4 is 10.6 Å². The number of carbonyl (C=O) groups excluding carboxylic acids is 2. The summed E-state index contributed by atoms with van der Waals surface area (Å²) < 4.78 is 7.27. The van der Waals surface area contributed by atoms with Gasteiger partial charge in [0.1, 0.15) is 22.5 Å². The van der Waals surface area contributed by atoms with E-state index in [1.165, 1.54) is 4.88 Å². The second kappa shape index (κ2) is 11.9. The quantitative estimate of drug-likeness (QED) is 0.342. The molecule has 1 aromatic carbocycles. The van der Waals surface area contributed by atoms with Crippen molar-refractivity contribution in [1.29, 1.82) is 0 Å². The van der Waals surface area contributed by atoms with Crippen LogP contribution in [0.3, 0.4) is 0 Å². The number of aryl methyl sites for hydroxylation is 2. The van der Waals surface area contributed by atoms with E-state index in [-0.39, 0.29) is 12.3 Å². The third-order valence-electron chi connectivity index (χ3n) is 6.33. The lowest BCUT2D eigenvalue weighted by Gasteiger charge is -2.19. The molecule has 0 saturated carbocycles. The zero-order valence-electron chi connectivity index (χ0n) is 23.2. The van der Waals surface area contributed by atoms with Gasteiger partial charge < -0.3 is 15.4 Å². The molecule has 3 aromatic rings. The minimum absolute atomic E-state index is 0.121. The van der Waals surface area contributed by atoms with Gasteiger partial charge >= 0.3 is 6.09 Å². The number of nitrogens with zero attached hydrogens (tertiary/aromatic N) is 4. The first-order chi connectivity index (χ1) is 18.4. The monoisotopic (exact) mass is 570 g/mol. The molecule has 1 aliphatic heterocycles. The Hall–Kier alpha value is -3.24. The van der Waals surface area contributed by atoms with Gasteiger partial charge in [-0.2, -0.15) is 0 Å². The summed E-state index contributed by atoms with van der Waals surface area (Å²) in [5.41, 5.74) is 3.40. The van der Waals surface area contributed by atoms with E-state index in [2.05, 4.69) is 34.7 Å². The Morgan fingerprint density at radius 2 is 1.72 bits per heavy atom. The number of amides is 2. The molecule has 1 aliphatic rings. The molecule has 2 N–H and O–H groups in total. The van der Waals surface area contributed by atoms with Gasteiger partial charge in [0.15, 0.2) is 5.82 Å². The van der Waals surface area contributed by atoms with Gasteiger partial charge in [-0.15, -0.1) is 21.5 Å². The fraction of sp³-hybridized carbons (Fsp3) is 0.464. The highest BCUT2D eigenvalue weighted by Gasteiger charge is 2.32. The van der Waals surface area contributed by atoms with E-state index >= 15 is 0 Å². The van der Waals surface area contributed by atoms with Gasteiger partial charge in [-0.05, 0) is 72.1 Å². The van der Waals surface area contributed by atoms with Crippen LogP contribution in [-0.2, 0) is 9.53 Å². The second-order valence-corrected chi connectivity index (χ2v) is 12.2. The Morgan fingerprint density at radius 3 is 2.38 bits per heavy atom. The van der Waals surface area contributed by atoms with Crippen LogP contribution in [-0.4, -0.2) is 51.2 Å². The fourth-order valence-electron chi connectivity index (χ4n) is 4.36. The predicted octanol–water partition coefficient (Wildman–Crippen LogP) is 5.61. The molecule has 3 heterocycles. The van der Waals surface area contributed by atoms with Crippen LogP contribution in [0, 0.1) is 20.8 Å². The first-order valence-corrected chi connectivity index (χ1v) is 14.2. The first-order valence-electron chi connectivity index (χ1n) is 13.0. The van der Waals surface area contributed by atoms with Crippen molar-refractivity contribution in [3.63, 3.8) is 0 Å². The summed E-state index contributed by atoms with van der Waals surface area (Å²) in [7, 11) is 0. The van der Waals surface area contributed by atoms with Crippen molar-refractivity contribution in [2.24, 2.45) is 4.99 Å². The average Bonchev–Trinajstić information content (AvgIpc) is 3.33. The maximum absolute atomic E-state index is 13.0. The number of fused-ring (bicyclic) bond motifs is 3. The van der Waals surface area contributed by atoms with Gasteiger partial charge in [-0.3, -0.25) is 14.4 Å². The van der Waals surface area contributed by atoms with E-state index < -0.39 is 17.7 Å². The molecule has 0 spiro atoms. The average molecular weight is 571 g/mol. The number of rotatable bonds is 8. The number of aliphatic imine (C=N–C) groups is 1. The Kier molecular flexibility index (Phi) is 8.76. The van der Waals surface area contributed by atoms with E-state index in [9.17, 15) is 9.59 Å². The van der Waals surface area contributed by atoms with E-state index in [1.807, 2.05) is 56.5 Å². The van der Waals surface area contributed by atoms with E-state index in [4.69, 9.17) is 21.3 Å². The van der Waals surface area contributed by atoms with Gasteiger partial charge in [-0.25, -0.2) is 4.79 Å². The number of halogens is 1. The molecule has 39 heavy (non-hydrogen) atoms. The molecule has 1 unspecified atom stereocenters. The maximum Gasteiger partial charge on any atom is 0.407 e. The molecule has 11 heteroatoms. The SMILES string of the molecule is Cc1sc2c(c1C)C(c1ccc(Cl)cc1)=NC(CC(=O)NCCCCNC(=O)OC(C)(C)C)c1nnc(C)n1-2. The Morgan fingerprint density at radius 1 is 1.05 bits per heavy atom. The topological polar surface area (TPSA) is 110 Å². The number of hydrogen-bond donors (Lipinski definition) is 2. The number of unbranched alkanes of at least 4 members (excludes halogenated alkanes) is 1. The Balaban J connectivity index is 1.48. The molecule has 2 amide bonds. The summed E-state index contributed by atoms with van der Waals surface area (Å²) in [6.45, 7) is 12.6. The van der Waals surface area contributed by atoms with Crippen LogP contribution in [0.4, 0.5) is 4.79 Å². The van der Waals surface area contributed by atoms with Crippen molar-refractivity contribution in [1.82, 2.24) is 25.4 Å². The number of hydrogen-bond acceptors (Lipinski definition) is 7. The number of aromatic nitrogens is 3. The standard InChI is InChI=1S/C28H35ClN6O3S/c1-16-17(2)39-26-23(16)24(19-9-11-20(29)12-10-19)32-21(25-34-33-18(3)35(25)26)15-22(36)30-13-7-8-14-31-27(37)38-28(4,5)6/h9-12,21H,7-8,13-15H2,1-6H3,(H,30,36)(H,31,37). The lowest BCUT2D eigenvalue weighted by atomic mass is 9.99. The maximum atomic E-state index is 13.0. The summed E-state index contributed by atoms with van der Waals surface area (Å²) in [6.07, 6.45) is 1.14. The Labute approximate surface area is 238 Å². The van der Waals surface area contributed by atoms with Crippen LogP contribution in [0.25, 0.3) is 5.00 Å². The third-order valence-corrected chi connectivity index (χ3v) is 7.77. The van der Waals surface area contributed by atoms with Crippen molar-refractivity contribution >= 4 is 40.6 Å². The molecule has 2 aromatic heterocycles. The summed E-state index contributed by atoms with van der Waals surface area (Å²) in [4.78, 5) is 31.1. The van der Waals surface area contributed by atoms with Gasteiger partial charge in [0, 0.05) is 34.1 Å². The van der Waals surface area contributed by atoms with Crippen LogP contribution in [0.2, 0.25) is 5.02 Å². The Bertz CT molecular complexity index is 1390. The number of alkyl carbamates (subject to hydrolysis) is 1. The number of carbonyl (C=O) groups is 2. The highest BCUT2D eigenvalue weighted by atomic mass is 35.5. The number of benzene rings is 1. The molecule has 208 valence electrons. The molecule has 0 fully saturated rings. The van der Waals surface area contributed by atoms with Crippen molar-refractivity contribution < 1.29 is 14.3 Å². The zero-order chi connectivity index (χ0) is 28.3. The van der Waals surface area contributed by atoms with E-state index in [1.54, 1.807) is 11.3 Å². The van der Waals surface area contributed by atoms with Crippen LogP contribution in [0.1, 0.15) is 79.3 Å². The van der Waals surface area contributed by atoms with Crippen LogP contribution >= 0.6 is 22.9 Å². The summed E-state index contributed by atoms with van der Waals surface area (Å²) in [6, 6.07) is 7.11. The van der Waals surface area contributed by atoms with Crippen molar-refractivity contribution in [2.75, 3.05) is 13.1 Å². The highest BCUT2D eigenvalue weighted by molar-refractivity contribution is 7.15.